The highest BCUT2D eigenvalue weighted by molar-refractivity contribution is 5.92. The van der Waals surface area contributed by atoms with E-state index in [1.54, 1.807) is 0 Å². The number of nitrogens with one attached hydrogen (secondary N) is 1. The predicted octanol–water partition coefficient (Wildman–Crippen LogP) is 3.13. The number of anilines is 1. The van der Waals surface area contributed by atoms with Crippen LogP contribution >= 0.6 is 0 Å². The first-order valence-electron chi connectivity index (χ1n) is 8.04. The molecule has 2 rings (SSSR count). The largest absolute Gasteiger partial charge is 0.370 e. The maximum absolute atomic E-state index is 6.00. The average Bonchev–Trinajstić information content (AvgIpc) is 2.73. The topological polar surface area (TPSA) is 68.2 Å². The molecular weight excluding hydrogens is 286 g/mol. The molecule has 3 N–H and O–H groups in total. The monoisotopic (exact) mass is 313 g/mol. The van der Waals surface area contributed by atoms with Gasteiger partial charge in [-0.1, -0.05) is 26.0 Å². The van der Waals surface area contributed by atoms with Crippen LogP contribution < -0.4 is 11.1 Å². The van der Waals surface area contributed by atoms with Gasteiger partial charge < -0.3 is 11.1 Å². The summed E-state index contributed by atoms with van der Waals surface area (Å²) in [5.41, 5.74) is 11.8. The molecule has 0 fully saturated rings. The summed E-state index contributed by atoms with van der Waals surface area (Å²) in [6.45, 7) is 9.11. The van der Waals surface area contributed by atoms with Gasteiger partial charge in [0, 0.05) is 25.0 Å². The van der Waals surface area contributed by atoms with Gasteiger partial charge in [0.2, 0.25) is 0 Å². The average molecular weight is 313 g/mol. The van der Waals surface area contributed by atoms with Crippen LogP contribution in [0, 0.1) is 13.8 Å². The predicted molar refractivity (Wildman–Crippen MR) is 97.0 cm³/mol. The quantitative estimate of drug-likeness (QED) is 0.658. The van der Waals surface area contributed by atoms with Crippen molar-refractivity contribution in [2.75, 3.05) is 11.9 Å². The zero-order chi connectivity index (χ0) is 17.0. The third-order valence-corrected chi connectivity index (χ3v) is 4.13. The first kappa shape index (κ1) is 17.1. The highest BCUT2D eigenvalue weighted by Gasteiger charge is 2.08. The number of rotatable bonds is 5. The van der Waals surface area contributed by atoms with E-state index in [-0.39, 0.29) is 0 Å². The van der Waals surface area contributed by atoms with Crippen molar-refractivity contribution in [3.63, 3.8) is 0 Å². The maximum Gasteiger partial charge on any atom is 0.193 e. The standard InChI is InChI=1S/C18H27N5/c1-12(2)15-7-6-8-16(11-15)21-18(19)20-10-9-17-13(3)22-23(5)14(17)4/h6-8,11-12H,9-10H2,1-5H3,(H3,19,20,21). The normalized spacial score (nSPS) is 12.0. The van der Waals surface area contributed by atoms with E-state index >= 15 is 0 Å². The minimum Gasteiger partial charge on any atom is -0.370 e. The summed E-state index contributed by atoms with van der Waals surface area (Å²) >= 11 is 0. The fourth-order valence-corrected chi connectivity index (χ4v) is 2.63. The molecule has 0 atom stereocenters. The molecule has 0 aliphatic heterocycles. The van der Waals surface area contributed by atoms with Gasteiger partial charge in [-0.15, -0.1) is 0 Å². The molecule has 5 nitrogen and oxygen atoms in total. The van der Waals surface area contributed by atoms with Gasteiger partial charge in [-0.2, -0.15) is 5.10 Å². The van der Waals surface area contributed by atoms with Crippen molar-refractivity contribution in [3.05, 3.63) is 46.8 Å². The fraction of sp³-hybridized carbons (Fsp3) is 0.444. The minimum absolute atomic E-state index is 0.449. The number of hydrogen-bond acceptors (Lipinski definition) is 2. The number of aryl methyl sites for hydroxylation is 2. The molecule has 0 radical (unpaired) electrons. The second-order valence-electron chi connectivity index (χ2n) is 6.20. The molecule has 0 saturated carbocycles. The zero-order valence-electron chi connectivity index (χ0n) is 14.7. The molecule has 0 aliphatic rings. The van der Waals surface area contributed by atoms with E-state index in [0.717, 1.165) is 17.8 Å². The lowest BCUT2D eigenvalue weighted by atomic mass is 10.0. The van der Waals surface area contributed by atoms with Crippen molar-refractivity contribution >= 4 is 11.6 Å². The van der Waals surface area contributed by atoms with Crippen LogP contribution in [0.1, 0.15) is 42.3 Å². The Morgan fingerprint density at radius 3 is 2.70 bits per heavy atom. The van der Waals surface area contributed by atoms with Crippen LogP contribution in [0.5, 0.6) is 0 Å². The Bertz CT molecular complexity index is 697. The summed E-state index contributed by atoms with van der Waals surface area (Å²) < 4.78 is 1.91. The molecule has 0 amide bonds. The van der Waals surface area contributed by atoms with E-state index in [2.05, 4.69) is 48.3 Å². The summed E-state index contributed by atoms with van der Waals surface area (Å²) in [5.74, 6) is 0.941. The summed E-state index contributed by atoms with van der Waals surface area (Å²) in [5, 5.41) is 7.59. The molecule has 5 heteroatoms. The van der Waals surface area contributed by atoms with Gasteiger partial charge in [-0.25, -0.2) is 0 Å². The smallest absolute Gasteiger partial charge is 0.193 e. The molecule has 2 aromatic rings. The number of guanidine groups is 1. The second kappa shape index (κ2) is 7.31. The molecule has 1 aromatic carbocycles. The number of benzene rings is 1. The van der Waals surface area contributed by atoms with Gasteiger partial charge in [-0.3, -0.25) is 9.67 Å². The van der Waals surface area contributed by atoms with Crippen LogP contribution in [-0.4, -0.2) is 22.3 Å². The molecule has 1 heterocycles. The van der Waals surface area contributed by atoms with Gasteiger partial charge in [0.15, 0.2) is 5.96 Å². The number of aromatic nitrogens is 2. The highest BCUT2D eigenvalue weighted by atomic mass is 15.3. The van der Waals surface area contributed by atoms with Crippen molar-refractivity contribution in [2.45, 2.75) is 40.0 Å². The molecule has 0 saturated heterocycles. The van der Waals surface area contributed by atoms with Crippen LogP contribution in [0.3, 0.4) is 0 Å². The molecular formula is C18H27N5. The highest BCUT2D eigenvalue weighted by Crippen LogP contribution is 2.18. The van der Waals surface area contributed by atoms with Crippen LogP contribution in [0.25, 0.3) is 0 Å². The van der Waals surface area contributed by atoms with Gasteiger partial charge in [0.25, 0.3) is 0 Å². The van der Waals surface area contributed by atoms with Crippen LogP contribution in [0.2, 0.25) is 0 Å². The fourth-order valence-electron chi connectivity index (χ4n) is 2.63. The van der Waals surface area contributed by atoms with Crippen LogP contribution in [0.15, 0.2) is 29.3 Å². The summed E-state index contributed by atoms with van der Waals surface area (Å²) in [7, 11) is 1.97. The molecule has 23 heavy (non-hydrogen) atoms. The van der Waals surface area contributed by atoms with Gasteiger partial charge in [0.1, 0.15) is 0 Å². The Balaban J connectivity index is 1.97. The zero-order valence-corrected chi connectivity index (χ0v) is 14.7. The van der Waals surface area contributed by atoms with Gasteiger partial charge in [0.05, 0.1) is 5.69 Å². The molecule has 0 aliphatic carbocycles. The molecule has 1 aromatic heterocycles. The van der Waals surface area contributed by atoms with Crippen molar-refractivity contribution in [1.29, 1.82) is 0 Å². The van der Waals surface area contributed by atoms with Crippen molar-refractivity contribution < 1.29 is 0 Å². The van der Waals surface area contributed by atoms with Gasteiger partial charge >= 0.3 is 0 Å². The third-order valence-electron chi connectivity index (χ3n) is 4.13. The van der Waals surface area contributed by atoms with E-state index in [4.69, 9.17) is 5.73 Å². The Labute approximate surface area is 138 Å². The Hall–Kier alpha value is -2.30. The lowest BCUT2D eigenvalue weighted by Crippen LogP contribution is -2.23. The number of hydrogen-bond donors (Lipinski definition) is 2. The summed E-state index contributed by atoms with van der Waals surface area (Å²) in [6.07, 6.45) is 0.847. The minimum atomic E-state index is 0.449. The molecule has 124 valence electrons. The molecule has 0 spiro atoms. The first-order chi connectivity index (χ1) is 10.9. The molecule has 0 bridgehead atoms. The summed E-state index contributed by atoms with van der Waals surface area (Å²) in [4.78, 5) is 4.43. The third kappa shape index (κ3) is 4.34. The lowest BCUT2D eigenvalue weighted by Gasteiger charge is -2.10. The van der Waals surface area contributed by atoms with E-state index in [1.165, 1.54) is 16.8 Å². The SMILES string of the molecule is Cc1nn(C)c(C)c1CCN=C(N)Nc1cccc(C(C)C)c1. The van der Waals surface area contributed by atoms with E-state index in [9.17, 15) is 0 Å². The van der Waals surface area contributed by atoms with E-state index in [0.29, 0.717) is 18.4 Å². The Kier molecular flexibility index (Phi) is 5.42. The molecule has 0 unspecified atom stereocenters. The van der Waals surface area contributed by atoms with Gasteiger partial charge in [-0.05, 0) is 49.4 Å². The Morgan fingerprint density at radius 2 is 2.09 bits per heavy atom. The second-order valence-corrected chi connectivity index (χ2v) is 6.20. The van der Waals surface area contributed by atoms with Crippen LogP contribution in [-0.2, 0) is 13.5 Å². The van der Waals surface area contributed by atoms with E-state index in [1.807, 2.05) is 30.8 Å². The van der Waals surface area contributed by atoms with E-state index < -0.39 is 0 Å². The number of nitrogens with zero attached hydrogens (tertiary/aromatic N) is 3. The first-order valence-corrected chi connectivity index (χ1v) is 8.04. The summed E-state index contributed by atoms with van der Waals surface area (Å²) in [6, 6.07) is 8.27. The van der Waals surface area contributed by atoms with Crippen molar-refractivity contribution in [1.82, 2.24) is 9.78 Å². The van der Waals surface area contributed by atoms with Crippen molar-refractivity contribution in [2.24, 2.45) is 17.8 Å². The van der Waals surface area contributed by atoms with Crippen LogP contribution in [0.4, 0.5) is 5.69 Å². The number of aliphatic imine (C=N–C) groups is 1. The van der Waals surface area contributed by atoms with Crippen molar-refractivity contribution in [3.8, 4) is 0 Å². The lowest BCUT2D eigenvalue weighted by molar-refractivity contribution is 0.730. The Morgan fingerprint density at radius 1 is 1.35 bits per heavy atom. The number of nitrogens with two attached hydrogens (primary N) is 1. The maximum atomic E-state index is 6.00.